The molecule has 4 nitrogen and oxygen atoms in total. The van der Waals surface area contributed by atoms with Gasteiger partial charge in [-0.1, -0.05) is 19.1 Å². The van der Waals surface area contributed by atoms with E-state index in [0.717, 1.165) is 12.1 Å². The highest BCUT2D eigenvalue weighted by Gasteiger charge is 2.21. The predicted molar refractivity (Wildman–Crippen MR) is 99.0 cm³/mol. The number of benzene rings is 2. The second-order valence-electron chi connectivity index (χ2n) is 6.07. The molecule has 2 aromatic carbocycles. The topological polar surface area (TPSA) is 49.7 Å². The van der Waals surface area contributed by atoms with Gasteiger partial charge in [0.15, 0.2) is 15.7 Å². The van der Waals surface area contributed by atoms with E-state index in [-0.39, 0.29) is 29.4 Å². The first kappa shape index (κ1) is 19.2. The first-order valence-electron chi connectivity index (χ1n) is 8.22. The molecule has 0 aromatic heterocycles. The highest BCUT2D eigenvalue weighted by atomic mass is 32.2. The van der Waals surface area contributed by atoms with Gasteiger partial charge in [-0.15, -0.1) is 0 Å². The van der Waals surface area contributed by atoms with Gasteiger partial charge in [0.2, 0.25) is 0 Å². The Hall–Kier alpha value is -2.61. The Morgan fingerprint density at radius 3 is 2.56 bits per heavy atom. The Labute approximate surface area is 155 Å². The quantitative estimate of drug-likeness (QED) is 0.771. The van der Waals surface area contributed by atoms with Crippen molar-refractivity contribution in [3.8, 4) is 0 Å². The average molecular weight is 394 g/mol. The molecule has 27 heavy (non-hydrogen) atoms. The first-order valence-corrected chi connectivity index (χ1v) is 10.0. The monoisotopic (exact) mass is 394 g/mol. The van der Waals surface area contributed by atoms with Crippen LogP contribution in [-0.4, -0.2) is 26.6 Å². The fourth-order valence-corrected chi connectivity index (χ4v) is 3.59. The minimum atomic E-state index is -3.19. The molecule has 1 aliphatic rings. The van der Waals surface area contributed by atoms with Crippen LogP contribution in [0.25, 0.3) is 0 Å². The van der Waals surface area contributed by atoms with E-state index in [1.165, 1.54) is 11.1 Å². The Morgan fingerprint density at radius 2 is 1.89 bits per heavy atom. The third kappa shape index (κ3) is 4.39. The molecule has 8 heteroatoms. The van der Waals surface area contributed by atoms with Gasteiger partial charge in [-0.3, -0.25) is 4.99 Å². The van der Waals surface area contributed by atoms with E-state index in [2.05, 4.69) is 4.99 Å². The summed E-state index contributed by atoms with van der Waals surface area (Å²) in [6.07, 6.45) is 1.17. The van der Waals surface area contributed by atoms with Crippen molar-refractivity contribution in [3.63, 3.8) is 0 Å². The summed E-state index contributed by atoms with van der Waals surface area (Å²) in [6, 6.07) is 9.57. The van der Waals surface area contributed by atoms with Crippen molar-refractivity contribution in [2.75, 3.05) is 17.3 Å². The van der Waals surface area contributed by atoms with E-state index >= 15 is 0 Å². The van der Waals surface area contributed by atoms with Crippen molar-refractivity contribution in [1.29, 1.82) is 0 Å². The van der Waals surface area contributed by atoms with E-state index < -0.39 is 27.3 Å². The standard InChI is InChI=1S/C19H17F3N2O2S/c1-2-27(25,26)11-13-4-3-5-15(8-13)24-10-18(22)19(23-12-24)16-7-6-14(20)9-17(16)21/h3-10H,2,11-12H2,1H3. The van der Waals surface area contributed by atoms with Crippen molar-refractivity contribution >= 4 is 21.2 Å². The fraction of sp³-hybridized carbons (Fsp3) is 0.211. The van der Waals surface area contributed by atoms with Crippen LogP contribution in [0.5, 0.6) is 0 Å². The number of hydrogen-bond donors (Lipinski definition) is 0. The van der Waals surface area contributed by atoms with Crippen LogP contribution >= 0.6 is 0 Å². The summed E-state index contributed by atoms with van der Waals surface area (Å²) in [4.78, 5) is 5.56. The minimum absolute atomic E-state index is 0.0174. The van der Waals surface area contributed by atoms with Crippen LogP contribution in [-0.2, 0) is 15.6 Å². The summed E-state index contributed by atoms with van der Waals surface area (Å²) in [6.45, 7) is 1.59. The number of sulfone groups is 1. The molecule has 3 rings (SSSR count). The maximum atomic E-state index is 14.5. The summed E-state index contributed by atoms with van der Waals surface area (Å²) in [7, 11) is -3.19. The van der Waals surface area contributed by atoms with Gasteiger partial charge in [-0.2, -0.15) is 0 Å². The van der Waals surface area contributed by atoms with Crippen molar-refractivity contribution < 1.29 is 21.6 Å². The summed E-state index contributed by atoms with van der Waals surface area (Å²) >= 11 is 0. The molecule has 142 valence electrons. The summed E-state index contributed by atoms with van der Waals surface area (Å²) in [5, 5.41) is 0. The van der Waals surface area contributed by atoms with Gasteiger partial charge >= 0.3 is 0 Å². The number of allylic oxidation sites excluding steroid dienone is 1. The number of rotatable bonds is 5. The lowest BCUT2D eigenvalue weighted by atomic mass is 10.1. The Kier molecular flexibility index (Phi) is 5.36. The molecule has 1 aliphatic heterocycles. The van der Waals surface area contributed by atoms with Gasteiger partial charge in [0.05, 0.1) is 5.75 Å². The summed E-state index contributed by atoms with van der Waals surface area (Å²) in [5.74, 6) is -2.48. The molecular weight excluding hydrogens is 377 g/mol. The Balaban J connectivity index is 1.85. The maximum Gasteiger partial charge on any atom is 0.165 e. The van der Waals surface area contributed by atoms with Gasteiger partial charge < -0.3 is 4.90 Å². The van der Waals surface area contributed by atoms with Crippen molar-refractivity contribution in [1.82, 2.24) is 0 Å². The van der Waals surface area contributed by atoms with Crippen LogP contribution in [0.3, 0.4) is 0 Å². The van der Waals surface area contributed by atoms with Crippen molar-refractivity contribution in [2.45, 2.75) is 12.7 Å². The van der Waals surface area contributed by atoms with E-state index in [4.69, 9.17) is 0 Å². The normalized spacial score (nSPS) is 14.7. The van der Waals surface area contributed by atoms with Crippen molar-refractivity contribution in [3.05, 3.63) is 77.3 Å². The van der Waals surface area contributed by atoms with Gasteiger partial charge in [0, 0.05) is 29.3 Å². The zero-order valence-corrected chi connectivity index (χ0v) is 15.3. The molecule has 0 unspecified atom stereocenters. The lowest BCUT2D eigenvalue weighted by molar-refractivity contribution is 0.580. The average Bonchev–Trinajstić information content (AvgIpc) is 2.62. The highest BCUT2D eigenvalue weighted by molar-refractivity contribution is 7.90. The number of nitrogens with zero attached hydrogens (tertiary/aromatic N) is 2. The zero-order chi connectivity index (χ0) is 19.6. The molecule has 0 atom stereocenters. The molecule has 0 N–H and O–H groups in total. The molecule has 0 saturated carbocycles. The SMILES string of the molecule is CCS(=O)(=O)Cc1cccc(N2C=C(F)C(c3ccc(F)cc3F)=NC2)c1. The highest BCUT2D eigenvalue weighted by Crippen LogP contribution is 2.25. The third-order valence-electron chi connectivity index (χ3n) is 4.13. The number of hydrogen-bond acceptors (Lipinski definition) is 4. The van der Waals surface area contributed by atoms with Gasteiger partial charge in [-0.05, 0) is 29.8 Å². The Bertz CT molecular complexity index is 1030. The van der Waals surface area contributed by atoms with Crippen LogP contribution in [0.4, 0.5) is 18.9 Å². The largest absolute Gasteiger partial charge is 0.325 e. The van der Waals surface area contributed by atoms with E-state index in [1.807, 2.05) is 0 Å². The van der Waals surface area contributed by atoms with E-state index in [9.17, 15) is 21.6 Å². The molecule has 0 aliphatic carbocycles. The minimum Gasteiger partial charge on any atom is -0.325 e. The lowest BCUT2D eigenvalue weighted by Crippen LogP contribution is -2.24. The third-order valence-corrected chi connectivity index (χ3v) is 5.78. The number of aliphatic imine (C=N–C) groups is 1. The second-order valence-corrected chi connectivity index (χ2v) is 8.42. The number of anilines is 1. The molecule has 0 amide bonds. The summed E-state index contributed by atoms with van der Waals surface area (Å²) < 4.78 is 65.0. The first-order chi connectivity index (χ1) is 12.8. The number of halogens is 3. The van der Waals surface area contributed by atoms with Crippen LogP contribution < -0.4 is 4.90 Å². The van der Waals surface area contributed by atoms with Gasteiger partial charge in [-0.25, -0.2) is 21.6 Å². The molecule has 0 radical (unpaired) electrons. The molecular formula is C19H17F3N2O2S. The molecule has 0 saturated heterocycles. The van der Waals surface area contributed by atoms with Gasteiger partial charge in [0.1, 0.15) is 24.0 Å². The molecule has 2 aromatic rings. The molecule has 0 spiro atoms. The predicted octanol–water partition coefficient (Wildman–Crippen LogP) is 3.98. The second kappa shape index (κ2) is 7.56. The maximum absolute atomic E-state index is 14.5. The zero-order valence-electron chi connectivity index (χ0n) is 14.5. The lowest BCUT2D eigenvalue weighted by Gasteiger charge is -2.24. The van der Waals surface area contributed by atoms with Crippen LogP contribution in [0.15, 0.2) is 59.5 Å². The van der Waals surface area contributed by atoms with Crippen LogP contribution in [0.2, 0.25) is 0 Å². The fourth-order valence-electron chi connectivity index (χ4n) is 2.69. The van der Waals surface area contributed by atoms with Crippen LogP contribution in [0.1, 0.15) is 18.1 Å². The van der Waals surface area contributed by atoms with Gasteiger partial charge in [0.25, 0.3) is 0 Å². The van der Waals surface area contributed by atoms with E-state index in [1.54, 1.807) is 31.2 Å². The molecule has 0 bridgehead atoms. The van der Waals surface area contributed by atoms with Crippen molar-refractivity contribution in [2.24, 2.45) is 4.99 Å². The molecule has 1 heterocycles. The van der Waals surface area contributed by atoms with Crippen LogP contribution in [0, 0.1) is 11.6 Å². The van der Waals surface area contributed by atoms with E-state index in [0.29, 0.717) is 17.3 Å². The Morgan fingerprint density at radius 1 is 1.11 bits per heavy atom. The molecule has 0 fully saturated rings. The smallest absolute Gasteiger partial charge is 0.165 e. The summed E-state index contributed by atoms with van der Waals surface area (Å²) in [5.41, 5.74) is 0.847.